The van der Waals surface area contributed by atoms with Crippen molar-refractivity contribution in [2.45, 2.75) is 0 Å². The Morgan fingerprint density at radius 1 is 1.24 bits per heavy atom. The molecule has 0 radical (unpaired) electrons. The summed E-state index contributed by atoms with van der Waals surface area (Å²) in [5, 5.41) is 0. The van der Waals surface area contributed by atoms with Crippen molar-refractivity contribution in [2.75, 3.05) is 0 Å². The van der Waals surface area contributed by atoms with Crippen LogP contribution in [0.25, 0.3) is 22.6 Å². The number of fused-ring (bicyclic) bond motifs is 1. The second kappa shape index (κ2) is 3.92. The van der Waals surface area contributed by atoms with Crippen molar-refractivity contribution in [1.82, 2.24) is 15.0 Å². The number of halogens is 2. The van der Waals surface area contributed by atoms with Gasteiger partial charge in [0.1, 0.15) is 11.6 Å². The Morgan fingerprint density at radius 3 is 2.88 bits per heavy atom. The molecule has 0 aliphatic rings. The van der Waals surface area contributed by atoms with Crippen molar-refractivity contribution in [3.05, 3.63) is 46.8 Å². The monoisotopic (exact) mass is 291 g/mol. The summed E-state index contributed by atoms with van der Waals surface area (Å²) in [4.78, 5) is 11.5. The molecule has 0 fully saturated rings. The first-order valence-corrected chi connectivity index (χ1v) is 5.79. The van der Waals surface area contributed by atoms with Crippen LogP contribution < -0.4 is 0 Å². The number of benzene rings is 1. The van der Waals surface area contributed by atoms with E-state index in [0.29, 0.717) is 17.0 Å². The van der Waals surface area contributed by atoms with E-state index in [-0.39, 0.29) is 5.82 Å². The van der Waals surface area contributed by atoms with Crippen molar-refractivity contribution < 1.29 is 4.39 Å². The molecule has 0 aliphatic heterocycles. The molecule has 0 saturated carbocycles. The van der Waals surface area contributed by atoms with Gasteiger partial charge in [0.25, 0.3) is 0 Å². The fourth-order valence-corrected chi connectivity index (χ4v) is 1.99. The molecule has 0 saturated heterocycles. The molecule has 0 unspecified atom stereocenters. The molecule has 0 aliphatic carbocycles. The van der Waals surface area contributed by atoms with E-state index in [9.17, 15) is 4.39 Å². The van der Waals surface area contributed by atoms with Crippen molar-refractivity contribution in [2.24, 2.45) is 0 Å². The van der Waals surface area contributed by atoms with E-state index in [4.69, 9.17) is 0 Å². The van der Waals surface area contributed by atoms with Crippen LogP contribution in [0.1, 0.15) is 0 Å². The summed E-state index contributed by atoms with van der Waals surface area (Å²) in [5.74, 6) is 0.189. The quantitative estimate of drug-likeness (QED) is 0.745. The number of rotatable bonds is 1. The third-order valence-corrected chi connectivity index (χ3v) is 2.87. The van der Waals surface area contributed by atoms with E-state index >= 15 is 0 Å². The van der Waals surface area contributed by atoms with Crippen LogP contribution in [-0.2, 0) is 0 Å². The molecule has 3 nitrogen and oxygen atoms in total. The summed E-state index contributed by atoms with van der Waals surface area (Å²) in [6.07, 6.45) is 1.66. The van der Waals surface area contributed by atoms with Gasteiger partial charge in [-0.15, -0.1) is 0 Å². The second-order valence-corrected chi connectivity index (χ2v) is 4.51. The molecule has 2 aromatic heterocycles. The number of imidazole rings is 1. The SMILES string of the molecule is Fc1ccccc1-c1nc2ncc(Br)cc2[nH]1. The van der Waals surface area contributed by atoms with Crippen LogP contribution in [0, 0.1) is 5.82 Å². The Kier molecular flexibility index (Phi) is 2.40. The predicted molar refractivity (Wildman–Crippen MR) is 67.0 cm³/mol. The van der Waals surface area contributed by atoms with Gasteiger partial charge in [0.15, 0.2) is 5.65 Å². The highest BCUT2D eigenvalue weighted by atomic mass is 79.9. The summed E-state index contributed by atoms with van der Waals surface area (Å²) >= 11 is 3.33. The Labute approximate surface area is 105 Å². The van der Waals surface area contributed by atoms with Gasteiger partial charge < -0.3 is 4.98 Å². The fourth-order valence-electron chi connectivity index (χ4n) is 1.66. The Hall–Kier alpha value is -1.75. The van der Waals surface area contributed by atoms with E-state index in [0.717, 1.165) is 9.99 Å². The summed E-state index contributed by atoms with van der Waals surface area (Å²) in [6, 6.07) is 8.37. The van der Waals surface area contributed by atoms with Gasteiger partial charge in [0, 0.05) is 10.7 Å². The largest absolute Gasteiger partial charge is 0.336 e. The predicted octanol–water partition coefficient (Wildman–Crippen LogP) is 3.53. The molecule has 2 heterocycles. The van der Waals surface area contributed by atoms with Crippen LogP contribution in [-0.4, -0.2) is 15.0 Å². The van der Waals surface area contributed by atoms with Crippen LogP contribution in [0.3, 0.4) is 0 Å². The average Bonchev–Trinajstić information content (AvgIpc) is 2.72. The molecule has 5 heteroatoms. The maximum atomic E-state index is 13.6. The Morgan fingerprint density at radius 2 is 2.06 bits per heavy atom. The van der Waals surface area contributed by atoms with E-state index in [1.807, 2.05) is 6.07 Å². The van der Waals surface area contributed by atoms with Gasteiger partial charge >= 0.3 is 0 Å². The number of aromatic nitrogens is 3. The summed E-state index contributed by atoms with van der Waals surface area (Å²) < 4.78 is 14.4. The zero-order valence-corrected chi connectivity index (χ0v) is 10.2. The molecule has 3 aromatic rings. The van der Waals surface area contributed by atoms with Gasteiger partial charge in [0.05, 0.1) is 11.1 Å². The van der Waals surface area contributed by atoms with Crippen LogP contribution in [0.5, 0.6) is 0 Å². The highest BCUT2D eigenvalue weighted by Crippen LogP contribution is 2.23. The average molecular weight is 292 g/mol. The number of hydrogen-bond acceptors (Lipinski definition) is 2. The minimum absolute atomic E-state index is 0.300. The summed E-state index contributed by atoms with van der Waals surface area (Å²) in [7, 11) is 0. The van der Waals surface area contributed by atoms with E-state index in [2.05, 4.69) is 30.9 Å². The first-order chi connectivity index (χ1) is 8.24. The Bertz CT molecular complexity index is 693. The molecular formula is C12H7BrFN3. The third kappa shape index (κ3) is 1.82. The van der Waals surface area contributed by atoms with Crippen molar-refractivity contribution in [3.63, 3.8) is 0 Å². The van der Waals surface area contributed by atoms with Crippen LogP contribution >= 0.6 is 15.9 Å². The lowest BCUT2D eigenvalue weighted by Crippen LogP contribution is -1.84. The minimum Gasteiger partial charge on any atom is -0.336 e. The maximum absolute atomic E-state index is 13.6. The smallest absolute Gasteiger partial charge is 0.178 e. The zero-order chi connectivity index (χ0) is 11.8. The lowest BCUT2D eigenvalue weighted by atomic mass is 10.2. The standard InChI is InChI=1S/C12H7BrFN3/c13-7-5-10-12(15-6-7)17-11(16-10)8-3-1-2-4-9(8)14/h1-6H,(H,15,16,17). The highest BCUT2D eigenvalue weighted by molar-refractivity contribution is 9.10. The van der Waals surface area contributed by atoms with Gasteiger partial charge in [-0.3, -0.25) is 0 Å². The van der Waals surface area contributed by atoms with E-state index in [1.54, 1.807) is 24.4 Å². The number of hydrogen-bond donors (Lipinski definition) is 1. The summed E-state index contributed by atoms with van der Waals surface area (Å²) in [6.45, 7) is 0. The molecule has 0 bridgehead atoms. The molecule has 1 N–H and O–H groups in total. The Balaban J connectivity index is 2.22. The number of pyridine rings is 1. The minimum atomic E-state index is -0.300. The molecule has 0 amide bonds. The van der Waals surface area contributed by atoms with Gasteiger partial charge in [0.2, 0.25) is 0 Å². The number of H-pyrrole nitrogens is 1. The van der Waals surface area contributed by atoms with Crippen LogP contribution in [0.4, 0.5) is 4.39 Å². The maximum Gasteiger partial charge on any atom is 0.178 e. The molecule has 0 atom stereocenters. The van der Waals surface area contributed by atoms with Gasteiger partial charge in [-0.2, -0.15) is 0 Å². The topological polar surface area (TPSA) is 41.6 Å². The molecule has 3 rings (SSSR count). The van der Waals surface area contributed by atoms with E-state index in [1.165, 1.54) is 6.07 Å². The first-order valence-electron chi connectivity index (χ1n) is 5.00. The molecule has 84 valence electrons. The number of aromatic amines is 1. The molecule has 1 aromatic carbocycles. The van der Waals surface area contributed by atoms with E-state index < -0.39 is 0 Å². The molecule has 17 heavy (non-hydrogen) atoms. The number of nitrogens with one attached hydrogen (secondary N) is 1. The highest BCUT2D eigenvalue weighted by Gasteiger charge is 2.09. The van der Waals surface area contributed by atoms with Crippen molar-refractivity contribution in [1.29, 1.82) is 0 Å². The van der Waals surface area contributed by atoms with Crippen LogP contribution in [0.2, 0.25) is 0 Å². The lowest BCUT2D eigenvalue weighted by molar-refractivity contribution is 0.630. The van der Waals surface area contributed by atoms with Crippen molar-refractivity contribution in [3.8, 4) is 11.4 Å². The fraction of sp³-hybridized carbons (Fsp3) is 0. The molecular weight excluding hydrogens is 285 g/mol. The van der Waals surface area contributed by atoms with Gasteiger partial charge in [-0.05, 0) is 34.1 Å². The normalized spacial score (nSPS) is 10.9. The second-order valence-electron chi connectivity index (χ2n) is 3.59. The third-order valence-electron chi connectivity index (χ3n) is 2.43. The lowest BCUT2D eigenvalue weighted by Gasteiger charge is -1.96. The summed E-state index contributed by atoms with van der Waals surface area (Å²) in [5.41, 5.74) is 1.80. The van der Waals surface area contributed by atoms with Crippen molar-refractivity contribution >= 4 is 27.1 Å². The molecule has 0 spiro atoms. The van der Waals surface area contributed by atoms with Gasteiger partial charge in [-0.25, -0.2) is 14.4 Å². The zero-order valence-electron chi connectivity index (χ0n) is 8.61. The van der Waals surface area contributed by atoms with Gasteiger partial charge in [-0.1, -0.05) is 12.1 Å². The number of nitrogens with zero attached hydrogens (tertiary/aromatic N) is 2. The first kappa shape index (κ1) is 10.4. The van der Waals surface area contributed by atoms with Crippen LogP contribution in [0.15, 0.2) is 41.0 Å².